The summed E-state index contributed by atoms with van der Waals surface area (Å²) in [7, 11) is 0. The molecule has 37 valence electrons. The van der Waals surface area contributed by atoms with Crippen LogP contribution in [0.5, 0.6) is 0 Å². The molecule has 0 aromatic carbocycles. The Morgan fingerprint density at radius 1 is 1.17 bits per heavy atom. The Kier molecular flexibility index (Phi) is 15.0. The third-order valence-corrected chi connectivity index (χ3v) is 0.577. The van der Waals surface area contributed by atoms with Crippen molar-refractivity contribution < 1.29 is 0 Å². The molecular weight excluding hydrogens is 130 g/mol. The summed E-state index contributed by atoms with van der Waals surface area (Å²) >= 11 is 0. The molecule has 0 heterocycles. The fraction of sp³-hybridized carbons (Fsp3) is 0.800. The molecule has 0 nitrogen and oxygen atoms in total. The number of unbranched alkanes of at least 4 members (excludes halogenated alkanes) is 2. The third-order valence-electron chi connectivity index (χ3n) is 0.577. The van der Waals surface area contributed by atoms with Crippen molar-refractivity contribution >= 4 is 19.8 Å². The number of rotatable bonds is 2. The van der Waals surface area contributed by atoms with Crippen molar-refractivity contribution in [3.8, 4) is 0 Å². The third kappa shape index (κ3) is 8.82. The fourth-order valence-electron chi connectivity index (χ4n) is 0.289. The van der Waals surface area contributed by atoms with E-state index in [1.54, 1.807) is 0 Å². The first-order chi connectivity index (χ1) is 2.41. The first-order valence-electron chi connectivity index (χ1n) is 2.23. The van der Waals surface area contributed by atoms with E-state index in [4.69, 9.17) is 0 Å². The van der Waals surface area contributed by atoms with Gasteiger partial charge in [0.2, 0.25) is 0 Å². The Morgan fingerprint density at radius 2 is 1.50 bits per heavy atom. The van der Waals surface area contributed by atoms with Crippen LogP contribution in [-0.4, -0.2) is 19.8 Å². The molecule has 0 aliphatic heterocycles. The summed E-state index contributed by atoms with van der Waals surface area (Å²) in [5.41, 5.74) is 0. The van der Waals surface area contributed by atoms with E-state index in [2.05, 4.69) is 20.3 Å². The maximum atomic E-state index is 2.25. The Bertz CT molecular complexity index is 11.4. The quantitative estimate of drug-likeness (QED) is 0.503. The molecule has 1 heteroatoms. The fourth-order valence-corrected chi connectivity index (χ4v) is 0.289. The van der Waals surface area contributed by atoms with Gasteiger partial charge in [0.25, 0.3) is 0 Å². The molecule has 0 aliphatic rings. The van der Waals surface area contributed by atoms with Gasteiger partial charge < -0.3 is 0 Å². The second kappa shape index (κ2) is 9.16. The molecule has 0 aromatic heterocycles. The number of hydrogen-bond donors (Lipinski definition) is 0. The van der Waals surface area contributed by atoms with Gasteiger partial charge in [-0.25, -0.2) is 0 Å². The van der Waals surface area contributed by atoms with Crippen LogP contribution in [0.15, 0.2) is 0 Å². The zero-order chi connectivity index (χ0) is 4.12. The van der Waals surface area contributed by atoms with E-state index in [0.717, 1.165) is 0 Å². The van der Waals surface area contributed by atoms with Gasteiger partial charge in [0.15, 0.2) is 0 Å². The van der Waals surface area contributed by atoms with E-state index in [1.807, 2.05) is 0 Å². The minimum atomic E-state index is 0. The molecular formula is C5H14Ga. The van der Waals surface area contributed by atoms with Crippen LogP contribution in [0.1, 0.15) is 26.7 Å². The Balaban J connectivity index is 0. The van der Waals surface area contributed by atoms with Gasteiger partial charge in [-0.15, -0.1) is 0 Å². The van der Waals surface area contributed by atoms with Gasteiger partial charge in [-0.3, -0.25) is 0 Å². The van der Waals surface area contributed by atoms with Crippen LogP contribution in [-0.2, 0) is 0 Å². The van der Waals surface area contributed by atoms with Crippen LogP contribution in [0.25, 0.3) is 0 Å². The SMILES string of the molecule is CC[CH]CC.[GaH3]. The second-order valence-electron chi connectivity index (χ2n) is 1.11. The van der Waals surface area contributed by atoms with Gasteiger partial charge in [-0.2, -0.15) is 0 Å². The van der Waals surface area contributed by atoms with E-state index in [-0.39, 0.29) is 19.8 Å². The van der Waals surface area contributed by atoms with E-state index in [9.17, 15) is 0 Å². The number of hydrogen-bond acceptors (Lipinski definition) is 0. The van der Waals surface area contributed by atoms with Gasteiger partial charge in [-0.05, 0) is 6.42 Å². The van der Waals surface area contributed by atoms with Crippen LogP contribution >= 0.6 is 0 Å². The molecule has 0 N–H and O–H groups in total. The van der Waals surface area contributed by atoms with E-state index >= 15 is 0 Å². The molecule has 1 radical (unpaired) electrons. The van der Waals surface area contributed by atoms with Crippen LogP contribution in [0.4, 0.5) is 0 Å². The van der Waals surface area contributed by atoms with Gasteiger partial charge >= 0.3 is 19.8 Å². The molecule has 0 unspecified atom stereocenters. The molecule has 0 aromatic rings. The first-order valence-corrected chi connectivity index (χ1v) is 2.23. The molecule has 0 rings (SSSR count). The molecule has 0 atom stereocenters. The van der Waals surface area contributed by atoms with Crippen LogP contribution in [0.3, 0.4) is 0 Å². The standard InChI is InChI=1S/C5H11.Ga.3H/c1-3-5-4-2;;;;/h5H,3-4H2,1-2H3;;;;. The molecule has 0 amide bonds. The Labute approximate surface area is 53.4 Å². The van der Waals surface area contributed by atoms with E-state index in [1.165, 1.54) is 12.8 Å². The van der Waals surface area contributed by atoms with Crippen LogP contribution < -0.4 is 0 Å². The summed E-state index contributed by atoms with van der Waals surface area (Å²) in [4.78, 5) is 0. The summed E-state index contributed by atoms with van der Waals surface area (Å²) in [5, 5.41) is 0. The van der Waals surface area contributed by atoms with Gasteiger partial charge in [0.05, 0.1) is 0 Å². The predicted octanol–water partition coefficient (Wildman–Crippen LogP) is 0.827. The summed E-state index contributed by atoms with van der Waals surface area (Å²) in [6.45, 7) is 4.31. The summed E-state index contributed by atoms with van der Waals surface area (Å²) in [5.74, 6) is 0. The molecule has 0 bridgehead atoms. The van der Waals surface area contributed by atoms with Gasteiger partial charge in [-0.1, -0.05) is 26.7 Å². The molecule has 0 saturated carbocycles. The summed E-state index contributed by atoms with van der Waals surface area (Å²) in [6, 6.07) is 0. The minimum absolute atomic E-state index is 0. The van der Waals surface area contributed by atoms with Crippen molar-refractivity contribution in [2.45, 2.75) is 26.7 Å². The average Bonchev–Trinajstić information content (AvgIpc) is 1.41. The van der Waals surface area contributed by atoms with Crippen molar-refractivity contribution in [3.63, 3.8) is 0 Å². The monoisotopic (exact) mass is 143 g/mol. The maximum absolute atomic E-state index is 2.25. The topological polar surface area (TPSA) is 0 Å². The van der Waals surface area contributed by atoms with E-state index in [0.29, 0.717) is 0 Å². The molecule has 0 spiro atoms. The van der Waals surface area contributed by atoms with Crippen molar-refractivity contribution in [2.75, 3.05) is 0 Å². The Morgan fingerprint density at radius 3 is 1.50 bits per heavy atom. The van der Waals surface area contributed by atoms with Crippen molar-refractivity contribution in [3.05, 3.63) is 6.42 Å². The van der Waals surface area contributed by atoms with Crippen LogP contribution in [0.2, 0.25) is 0 Å². The van der Waals surface area contributed by atoms with Gasteiger partial charge in [0, 0.05) is 0 Å². The van der Waals surface area contributed by atoms with Gasteiger partial charge in [0.1, 0.15) is 0 Å². The zero-order valence-electron chi connectivity index (χ0n) is 3.99. The summed E-state index contributed by atoms with van der Waals surface area (Å²) in [6.07, 6.45) is 4.69. The first kappa shape index (κ1) is 9.81. The molecule has 0 fully saturated rings. The van der Waals surface area contributed by atoms with E-state index < -0.39 is 0 Å². The van der Waals surface area contributed by atoms with Crippen molar-refractivity contribution in [1.29, 1.82) is 0 Å². The Hall–Kier alpha value is 0.636. The average molecular weight is 144 g/mol. The summed E-state index contributed by atoms with van der Waals surface area (Å²) < 4.78 is 0. The molecule has 0 saturated heterocycles. The molecule has 0 aliphatic carbocycles. The predicted molar refractivity (Wildman–Crippen MR) is 34.8 cm³/mol. The van der Waals surface area contributed by atoms with Crippen molar-refractivity contribution in [1.82, 2.24) is 0 Å². The zero-order valence-corrected chi connectivity index (χ0v) is 3.99. The second-order valence-corrected chi connectivity index (χ2v) is 1.11. The van der Waals surface area contributed by atoms with Crippen molar-refractivity contribution in [2.24, 2.45) is 0 Å². The normalized spacial score (nSPS) is 7.00. The van der Waals surface area contributed by atoms with Crippen LogP contribution in [0, 0.1) is 6.42 Å². The molecule has 6 heavy (non-hydrogen) atoms.